The first-order chi connectivity index (χ1) is 9.69. The maximum absolute atomic E-state index is 6.45. The topological polar surface area (TPSA) is 29.3 Å². The van der Waals surface area contributed by atoms with Crippen LogP contribution in [0, 0.1) is 11.8 Å². The molecule has 110 valence electrons. The maximum atomic E-state index is 6.45. The average Bonchev–Trinajstić information content (AvgIpc) is 3.01. The van der Waals surface area contributed by atoms with E-state index >= 15 is 0 Å². The lowest BCUT2D eigenvalue weighted by molar-refractivity contribution is 0.494. The van der Waals surface area contributed by atoms with Crippen molar-refractivity contribution in [2.45, 2.75) is 45.1 Å². The van der Waals surface area contributed by atoms with Gasteiger partial charge in [-0.25, -0.2) is 0 Å². The van der Waals surface area contributed by atoms with Gasteiger partial charge in [0.05, 0.1) is 0 Å². The summed E-state index contributed by atoms with van der Waals surface area (Å²) < 4.78 is 0. The van der Waals surface area contributed by atoms with Crippen LogP contribution in [0.5, 0.6) is 0 Å². The highest BCUT2D eigenvalue weighted by molar-refractivity contribution is 6.31. The van der Waals surface area contributed by atoms with Gasteiger partial charge >= 0.3 is 0 Å². The number of halogens is 1. The predicted molar refractivity (Wildman–Crippen MR) is 86.5 cm³/mol. The number of benzene rings is 1. The summed E-state index contributed by atoms with van der Waals surface area (Å²) in [6.07, 6.45) is 6.12. The van der Waals surface area contributed by atoms with E-state index in [9.17, 15) is 0 Å². The van der Waals surface area contributed by atoms with Crippen LogP contribution in [0.3, 0.4) is 0 Å². The van der Waals surface area contributed by atoms with E-state index in [2.05, 4.69) is 24.0 Å². The van der Waals surface area contributed by atoms with Crippen LogP contribution in [0.2, 0.25) is 5.02 Å². The van der Waals surface area contributed by atoms with Crippen LogP contribution in [0.25, 0.3) is 0 Å². The van der Waals surface area contributed by atoms with Crippen LogP contribution in [-0.2, 0) is 6.42 Å². The molecule has 3 atom stereocenters. The molecule has 1 aliphatic heterocycles. The zero-order chi connectivity index (χ0) is 14.1. The van der Waals surface area contributed by atoms with Crippen LogP contribution < -0.4 is 10.6 Å². The quantitative estimate of drug-likeness (QED) is 0.913. The molecule has 1 heterocycles. The molecule has 0 amide bonds. The minimum Gasteiger partial charge on any atom is -0.371 e. The van der Waals surface area contributed by atoms with Crippen molar-refractivity contribution < 1.29 is 0 Å². The Morgan fingerprint density at radius 2 is 2.00 bits per heavy atom. The van der Waals surface area contributed by atoms with Gasteiger partial charge in [0.15, 0.2) is 0 Å². The van der Waals surface area contributed by atoms with E-state index in [1.54, 1.807) is 0 Å². The Kier molecular flexibility index (Phi) is 4.23. The molecule has 3 heteroatoms. The first kappa shape index (κ1) is 14.2. The Morgan fingerprint density at radius 3 is 2.65 bits per heavy atom. The molecule has 3 rings (SSSR count). The van der Waals surface area contributed by atoms with E-state index in [1.807, 2.05) is 6.07 Å². The van der Waals surface area contributed by atoms with Gasteiger partial charge in [0.25, 0.3) is 0 Å². The zero-order valence-corrected chi connectivity index (χ0v) is 13.1. The highest BCUT2D eigenvalue weighted by Gasteiger charge is 2.36. The summed E-state index contributed by atoms with van der Waals surface area (Å²) in [6, 6.07) is 6.51. The SMILES string of the molecule is CCC(N)Cc1c(Cl)cccc1N1CC2CCCC2C1. The molecule has 0 bridgehead atoms. The first-order valence-electron chi connectivity index (χ1n) is 7.97. The normalized spacial score (nSPS) is 26.9. The number of anilines is 1. The number of nitrogens with zero attached hydrogens (tertiary/aromatic N) is 1. The summed E-state index contributed by atoms with van der Waals surface area (Å²) >= 11 is 6.45. The largest absolute Gasteiger partial charge is 0.371 e. The van der Waals surface area contributed by atoms with Crippen molar-refractivity contribution >= 4 is 17.3 Å². The van der Waals surface area contributed by atoms with E-state index in [-0.39, 0.29) is 6.04 Å². The molecule has 1 aromatic rings. The molecule has 0 aromatic heterocycles. The van der Waals surface area contributed by atoms with Crippen molar-refractivity contribution in [1.82, 2.24) is 0 Å². The van der Waals surface area contributed by atoms with Crippen molar-refractivity contribution in [3.05, 3.63) is 28.8 Å². The van der Waals surface area contributed by atoms with Gasteiger partial charge < -0.3 is 10.6 Å². The van der Waals surface area contributed by atoms with Crippen molar-refractivity contribution in [2.75, 3.05) is 18.0 Å². The van der Waals surface area contributed by atoms with Crippen LogP contribution in [0.1, 0.15) is 38.2 Å². The molecule has 2 nitrogen and oxygen atoms in total. The van der Waals surface area contributed by atoms with E-state index in [4.69, 9.17) is 17.3 Å². The Labute approximate surface area is 127 Å². The molecule has 20 heavy (non-hydrogen) atoms. The highest BCUT2D eigenvalue weighted by Crippen LogP contribution is 2.41. The lowest BCUT2D eigenvalue weighted by atomic mass is 10.0. The predicted octanol–water partition coefficient (Wildman–Crippen LogP) is 3.86. The number of hydrogen-bond donors (Lipinski definition) is 1. The van der Waals surface area contributed by atoms with E-state index in [0.717, 1.165) is 29.7 Å². The molecule has 2 fully saturated rings. The third kappa shape index (κ3) is 2.68. The first-order valence-corrected chi connectivity index (χ1v) is 8.34. The minimum atomic E-state index is 0.204. The second-order valence-corrected chi connectivity index (χ2v) is 6.87. The van der Waals surface area contributed by atoms with Crippen molar-refractivity contribution in [2.24, 2.45) is 17.6 Å². The highest BCUT2D eigenvalue weighted by atomic mass is 35.5. The van der Waals surface area contributed by atoms with Gasteiger partial charge in [0.1, 0.15) is 0 Å². The molecule has 0 spiro atoms. The van der Waals surface area contributed by atoms with Gasteiger partial charge in [0, 0.05) is 29.8 Å². The number of nitrogens with two attached hydrogens (primary N) is 1. The van der Waals surface area contributed by atoms with E-state index in [1.165, 1.54) is 43.6 Å². The summed E-state index contributed by atoms with van der Waals surface area (Å²) in [5.41, 5.74) is 8.74. The van der Waals surface area contributed by atoms with Gasteiger partial charge in [-0.05, 0) is 55.2 Å². The number of fused-ring (bicyclic) bond motifs is 1. The van der Waals surface area contributed by atoms with Crippen LogP contribution >= 0.6 is 11.6 Å². The van der Waals surface area contributed by atoms with Gasteiger partial charge in [-0.3, -0.25) is 0 Å². The Hall–Kier alpha value is -0.730. The van der Waals surface area contributed by atoms with Crippen LogP contribution in [0.4, 0.5) is 5.69 Å². The maximum Gasteiger partial charge on any atom is 0.0459 e. The minimum absolute atomic E-state index is 0.204. The van der Waals surface area contributed by atoms with Gasteiger partial charge in [-0.2, -0.15) is 0 Å². The lowest BCUT2D eigenvalue weighted by Crippen LogP contribution is -2.26. The molecule has 2 N–H and O–H groups in total. The third-order valence-corrected chi connectivity index (χ3v) is 5.51. The fraction of sp³-hybridized carbons (Fsp3) is 0.647. The molecule has 1 aliphatic carbocycles. The van der Waals surface area contributed by atoms with Crippen LogP contribution in [-0.4, -0.2) is 19.1 Å². The van der Waals surface area contributed by atoms with Gasteiger partial charge in [-0.15, -0.1) is 0 Å². The Bertz CT molecular complexity index is 462. The monoisotopic (exact) mass is 292 g/mol. The summed E-state index contributed by atoms with van der Waals surface area (Å²) in [5.74, 6) is 1.81. The fourth-order valence-electron chi connectivity index (χ4n) is 3.88. The molecule has 2 aliphatic rings. The molecule has 1 saturated heterocycles. The van der Waals surface area contributed by atoms with Crippen LogP contribution in [0.15, 0.2) is 18.2 Å². The summed E-state index contributed by atoms with van der Waals surface area (Å²) in [6.45, 7) is 4.56. The zero-order valence-electron chi connectivity index (χ0n) is 12.3. The molecular formula is C17H25ClN2. The number of rotatable bonds is 4. The standard InChI is InChI=1S/C17H25ClN2/c1-2-14(19)9-15-16(18)7-4-8-17(15)20-10-12-5-3-6-13(12)11-20/h4,7-8,12-14H,2-3,5-6,9-11,19H2,1H3. The average molecular weight is 293 g/mol. The summed E-state index contributed by atoms with van der Waals surface area (Å²) in [4.78, 5) is 2.55. The second-order valence-electron chi connectivity index (χ2n) is 6.47. The Morgan fingerprint density at radius 1 is 1.30 bits per heavy atom. The molecule has 1 saturated carbocycles. The molecule has 1 aromatic carbocycles. The van der Waals surface area contributed by atoms with E-state index < -0.39 is 0 Å². The van der Waals surface area contributed by atoms with Crippen molar-refractivity contribution in [3.63, 3.8) is 0 Å². The Balaban J connectivity index is 1.84. The fourth-order valence-corrected chi connectivity index (χ4v) is 4.13. The van der Waals surface area contributed by atoms with E-state index in [0.29, 0.717) is 0 Å². The van der Waals surface area contributed by atoms with Crippen molar-refractivity contribution in [3.8, 4) is 0 Å². The molecule has 0 radical (unpaired) electrons. The smallest absolute Gasteiger partial charge is 0.0459 e. The third-order valence-electron chi connectivity index (χ3n) is 5.15. The summed E-state index contributed by atoms with van der Waals surface area (Å²) in [7, 11) is 0. The number of hydrogen-bond acceptors (Lipinski definition) is 2. The van der Waals surface area contributed by atoms with Crippen molar-refractivity contribution in [1.29, 1.82) is 0 Å². The summed E-state index contributed by atoms with van der Waals surface area (Å²) in [5, 5.41) is 0.878. The molecular weight excluding hydrogens is 268 g/mol. The molecule has 3 unspecified atom stereocenters. The lowest BCUT2D eigenvalue weighted by Gasteiger charge is -2.25. The van der Waals surface area contributed by atoms with Gasteiger partial charge in [0.2, 0.25) is 0 Å². The van der Waals surface area contributed by atoms with Gasteiger partial charge in [-0.1, -0.05) is 31.0 Å². The second kappa shape index (κ2) is 5.95.